The van der Waals surface area contributed by atoms with E-state index < -0.39 is 6.04 Å². The minimum Gasteiger partial charge on any atom is -0.361 e. The summed E-state index contributed by atoms with van der Waals surface area (Å²) in [6, 6.07) is 7.40. The predicted octanol–water partition coefficient (Wildman–Crippen LogP) is 2.77. The zero-order chi connectivity index (χ0) is 17.5. The van der Waals surface area contributed by atoms with Gasteiger partial charge in [0.1, 0.15) is 6.04 Å². The van der Waals surface area contributed by atoms with E-state index in [9.17, 15) is 9.59 Å². The number of rotatable bonds is 8. The van der Waals surface area contributed by atoms with Gasteiger partial charge in [0.05, 0.1) is 0 Å². The van der Waals surface area contributed by atoms with Gasteiger partial charge in [0, 0.05) is 37.0 Å². The number of hydrogen-bond donors (Lipinski definition) is 3. The van der Waals surface area contributed by atoms with E-state index in [0.717, 1.165) is 29.3 Å². The molecule has 2 aromatic rings. The second kappa shape index (κ2) is 8.52. The molecule has 0 radical (unpaired) electrons. The lowest BCUT2D eigenvalue weighted by atomic mass is 10.0. The monoisotopic (exact) mass is 329 g/mol. The lowest BCUT2D eigenvalue weighted by Gasteiger charge is -2.17. The van der Waals surface area contributed by atoms with E-state index in [0.29, 0.717) is 18.9 Å². The van der Waals surface area contributed by atoms with Gasteiger partial charge in [0.2, 0.25) is 11.8 Å². The molecule has 130 valence electrons. The minimum atomic E-state index is -0.555. The summed E-state index contributed by atoms with van der Waals surface area (Å²) in [5.74, 6) is 0.302. The second-order valence-corrected chi connectivity index (χ2v) is 6.64. The minimum absolute atomic E-state index is 0.126. The van der Waals surface area contributed by atoms with Crippen molar-refractivity contribution in [2.45, 2.75) is 46.1 Å². The summed E-state index contributed by atoms with van der Waals surface area (Å²) in [4.78, 5) is 27.1. The molecule has 5 heteroatoms. The molecule has 0 bridgehead atoms. The second-order valence-electron chi connectivity index (χ2n) is 6.64. The lowest BCUT2D eigenvalue weighted by Crippen LogP contribution is -2.47. The van der Waals surface area contributed by atoms with E-state index in [-0.39, 0.29) is 11.8 Å². The molecule has 2 amide bonds. The van der Waals surface area contributed by atoms with Gasteiger partial charge in [-0.2, -0.15) is 0 Å². The summed E-state index contributed by atoms with van der Waals surface area (Å²) in [5.41, 5.74) is 2.06. The molecule has 0 spiro atoms. The third-order valence-electron chi connectivity index (χ3n) is 4.05. The first-order valence-electron chi connectivity index (χ1n) is 8.57. The third kappa shape index (κ3) is 5.11. The Morgan fingerprint density at radius 2 is 1.96 bits per heavy atom. The van der Waals surface area contributed by atoms with Crippen molar-refractivity contribution in [1.82, 2.24) is 15.6 Å². The van der Waals surface area contributed by atoms with Crippen molar-refractivity contribution in [1.29, 1.82) is 0 Å². The van der Waals surface area contributed by atoms with Gasteiger partial charge < -0.3 is 15.6 Å². The van der Waals surface area contributed by atoms with Gasteiger partial charge in [-0.15, -0.1) is 0 Å². The van der Waals surface area contributed by atoms with Crippen molar-refractivity contribution in [2.24, 2.45) is 5.92 Å². The van der Waals surface area contributed by atoms with E-state index in [1.165, 1.54) is 6.92 Å². The Hall–Kier alpha value is -2.30. The lowest BCUT2D eigenvalue weighted by molar-refractivity contribution is -0.128. The molecule has 5 nitrogen and oxygen atoms in total. The van der Waals surface area contributed by atoms with E-state index in [2.05, 4.69) is 29.5 Å². The average molecular weight is 329 g/mol. The Labute approximate surface area is 143 Å². The molecule has 2 rings (SSSR count). The number of aromatic amines is 1. The van der Waals surface area contributed by atoms with Crippen molar-refractivity contribution >= 4 is 22.7 Å². The maximum atomic E-state index is 12.4. The highest BCUT2D eigenvalue weighted by molar-refractivity contribution is 5.89. The first-order chi connectivity index (χ1) is 11.5. The smallest absolute Gasteiger partial charge is 0.242 e. The fourth-order valence-electron chi connectivity index (χ4n) is 2.82. The Bertz CT molecular complexity index is 691. The first-order valence-corrected chi connectivity index (χ1v) is 8.57. The molecule has 0 aliphatic heterocycles. The summed E-state index contributed by atoms with van der Waals surface area (Å²) >= 11 is 0. The largest absolute Gasteiger partial charge is 0.361 e. The highest BCUT2D eigenvalue weighted by atomic mass is 16.2. The fraction of sp³-hybridized carbons (Fsp3) is 0.474. The number of carbonyl (C=O) groups excluding carboxylic acids is 2. The van der Waals surface area contributed by atoms with E-state index >= 15 is 0 Å². The summed E-state index contributed by atoms with van der Waals surface area (Å²) in [6.07, 6.45) is 4.40. The SMILES string of the molecule is CC(=O)NC(Cc1c[nH]c2ccccc12)C(=O)NCCCC(C)C. The molecule has 1 unspecified atom stereocenters. The number of benzene rings is 1. The van der Waals surface area contributed by atoms with Crippen molar-refractivity contribution in [2.75, 3.05) is 6.54 Å². The Balaban J connectivity index is 2.02. The van der Waals surface area contributed by atoms with Gasteiger partial charge in [0.25, 0.3) is 0 Å². The molecular weight excluding hydrogens is 302 g/mol. The van der Waals surface area contributed by atoms with Crippen LogP contribution in [-0.4, -0.2) is 29.4 Å². The molecule has 0 aliphatic rings. The van der Waals surface area contributed by atoms with Gasteiger partial charge in [-0.1, -0.05) is 32.0 Å². The molecule has 0 aliphatic carbocycles. The van der Waals surface area contributed by atoms with Gasteiger partial charge in [-0.25, -0.2) is 0 Å². The number of para-hydroxylation sites is 1. The Kier molecular flexibility index (Phi) is 6.41. The molecular formula is C19H27N3O2. The van der Waals surface area contributed by atoms with Crippen LogP contribution in [0.1, 0.15) is 39.2 Å². The standard InChI is InChI=1S/C19H27N3O2/c1-13(2)7-6-10-20-19(24)18(22-14(3)23)11-15-12-21-17-9-5-4-8-16(15)17/h4-5,8-9,12-13,18,21H,6-7,10-11H2,1-3H3,(H,20,24)(H,22,23). The van der Waals surface area contributed by atoms with Gasteiger partial charge in [-0.3, -0.25) is 9.59 Å². The summed E-state index contributed by atoms with van der Waals surface area (Å²) < 4.78 is 0. The van der Waals surface area contributed by atoms with Crippen LogP contribution in [0.3, 0.4) is 0 Å². The molecule has 1 aromatic heterocycles. The first kappa shape index (κ1) is 18.0. The van der Waals surface area contributed by atoms with Crippen LogP contribution in [0.15, 0.2) is 30.5 Å². The topological polar surface area (TPSA) is 74.0 Å². The van der Waals surface area contributed by atoms with Crippen molar-refractivity contribution in [3.63, 3.8) is 0 Å². The number of hydrogen-bond acceptors (Lipinski definition) is 2. The molecule has 1 atom stereocenters. The molecule has 1 heterocycles. The predicted molar refractivity (Wildman–Crippen MR) is 96.7 cm³/mol. The Morgan fingerprint density at radius 1 is 1.21 bits per heavy atom. The van der Waals surface area contributed by atoms with Crippen molar-refractivity contribution in [3.8, 4) is 0 Å². The van der Waals surface area contributed by atoms with Crippen LogP contribution in [0.2, 0.25) is 0 Å². The van der Waals surface area contributed by atoms with E-state index in [4.69, 9.17) is 0 Å². The van der Waals surface area contributed by atoms with E-state index in [1.54, 1.807) is 0 Å². The quantitative estimate of drug-likeness (QED) is 0.652. The number of H-pyrrole nitrogens is 1. The molecule has 0 saturated heterocycles. The summed E-state index contributed by atoms with van der Waals surface area (Å²) in [6.45, 7) is 6.41. The zero-order valence-corrected chi connectivity index (χ0v) is 14.7. The van der Waals surface area contributed by atoms with Crippen LogP contribution in [-0.2, 0) is 16.0 Å². The van der Waals surface area contributed by atoms with Gasteiger partial charge >= 0.3 is 0 Å². The highest BCUT2D eigenvalue weighted by Gasteiger charge is 2.21. The van der Waals surface area contributed by atoms with Crippen LogP contribution in [0.5, 0.6) is 0 Å². The zero-order valence-electron chi connectivity index (χ0n) is 14.7. The van der Waals surface area contributed by atoms with Crippen molar-refractivity contribution < 1.29 is 9.59 Å². The van der Waals surface area contributed by atoms with Crippen molar-refractivity contribution in [3.05, 3.63) is 36.0 Å². The summed E-state index contributed by atoms with van der Waals surface area (Å²) in [7, 11) is 0. The van der Waals surface area contributed by atoms with Crippen LogP contribution < -0.4 is 10.6 Å². The molecule has 0 fully saturated rings. The van der Waals surface area contributed by atoms with Gasteiger partial charge in [0.15, 0.2) is 0 Å². The number of amides is 2. The maximum Gasteiger partial charge on any atom is 0.242 e. The van der Waals surface area contributed by atoms with Crippen LogP contribution in [0.4, 0.5) is 0 Å². The number of aromatic nitrogens is 1. The highest BCUT2D eigenvalue weighted by Crippen LogP contribution is 2.19. The normalized spacial score (nSPS) is 12.3. The number of carbonyl (C=O) groups is 2. The molecule has 1 aromatic carbocycles. The van der Waals surface area contributed by atoms with Crippen LogP contribution >= 0.6 is 0 Å². The Morgan fingerprint density at radius 3 is 2.67 bits per heavy atom. The van der Waals surface area contributed by atoms with Gasteiger partial charge in [-0.05, 0) is 30.4 Å². The fourth-order valence-corrected chi connectivity index (χ4v) is 2.82. The number of fused-ring (bicyclic) bond motifs is 1. The maximum absolute atomic E-state index is 12.4. The molecule has 3 N–H and O–H groups in total. The third-order valence-corrected chi connectivity index (χ3v) is 4.05. The molecule has 0 saturated carbocycles. The van der Waals surface area contributed by atoms with Crippen LogP contribution in [0.25, 0.3) is 10.9 Å². The van der Waals surface area contributed by atoms with E-state index in [1.807, 2.05) is 30.5 Å². The van der Waals surface area contributed by atoms with Crippen LogP contribution in [0, 0.1) is 5.92 Å². The summed E-state index contributed by atoms with van der Waals surface area (Å²) in [5, 5.41) is 6.79. The average Bonchev–Trinajstić information content (AvgIpc) is 2.93. The molecule has 24 heavy (non-hydrogen) atoms. The number of nitrogens with one attached hydrogen (secondary N) is 3.